The van der Waals surface area contributed by atoms with Crippen LogP contribution in [0, 0.1) is 5.92 Å². The van der Waals surface area contributed by atoms with Crippen molar-refractivity contribution in [3.63, 3.8) is 0 Å². The molecule has 1 aromatic rings. The first-order valence-electron chi connectivity index (χ1n) is 6.60. The SMILES string of the molecule is COC(C(=O)N1CC(c2cccc(Cl)c2)C1)C(C)C. The van der Waals surface area contributed by atoms with Gasteiger partial charge in [-0.1, -0.05) is 37.6 Å². The molecule has 0 bridgehead atoms. The molecule has 1 aliphatic heterocycles. The number of halogens is 1. The molecule has 0 N–H and O–H groups in total. The van der Waals surface area contributed by atoms with Crippen LogP contribution in [-0.4, -0.2) is 37.1 Å². The predicted octanol–water partition coefficient (Wildman–Crippen LogP) is 2.94. The van der Waals surface area contributed by atoms with Gasteiger partial charge in [0.1, 0.15) is 6.10 Å². The standard InChI is InChI=1S/C15H20ClNO2/c1-10(2)14(19-3)15(18)17-8-12(9-17)11-5-4-6-13(16)7-11/h4-7,10,12,14H,8-9H2,1-3H3. The third kappa shape index (κ3) is 3.10. The van der Waals surface area contributed by atoms with Crippen molar-refractivity contribution in [2.24, 2.45) is 5.92 Å². The predicted molar refractivity (Wildman–Crippen MR) is 76.4 cm³/mol. The van der Waals surface area contributed by atoms with Crippen LogP contribution in [0.25, 0.3) is 0 Å². The van der Waals surface area contributed by atoms with E-state index in [2.05, 4.69) is 6.07 Å². The molecule has 19 heavy (non-hydrogen) atoms. The Kier molecular flexibility index (Phi) is 4.48. The molecule has 1 fully saturated rings. The fourth-order valence-corrected chi connectivity index (χ4v) is 2.67. The smallest absolute Gasteiger partial charge is 0.251 e. The maximum Gasteiger partial charge on any atom is 0.251 e. The molecule has 1 aliphatic rings. The van der Waals surface area contributed by atoms with Gasteiger partial charge in [-0.15, -0.1) is 0 Å². The van der Waals surface area contributed by atoms with Gasteiger partial charge in [0.25, 0.3) is 5.91 Å². The first kappa shape index (κ1) is 14.4. The Bertz CT molecular complexity index is 455. The van der Waals surface area contributed by atoms with E-state index >= 15 is 0 Å². The maximum atomic E-state index is 12.2. The normalized spacial score (nSPS) is 17.4. The quantitative estimate of drug-likeness (QED) is 0.849. The Morgan fingerprint density at radius 3 is 2.63 bits per heavy atom. The number of carbonyl (C=O) groups is 1. The number of rotatable bonds is 4. The summed E-state index contributed by atoms with van der Waals surface area (Å²) in [6.07, 6.45) is -0.333. The van der Waals surface area contributed by atoms with Crippen LogP contribution in [0.5, 0.6) is 0 Å². The summed E-state index contributed by atoms with van der Waals surface area (Å²) >= 11 is 5.98. The molecule has 4 heteroatoms. The number of nitrogens with zero attached hydrogens (tertiary/aromatic N) is 1. The lowest BCUT2D eigenvalue weighted by Crippen LogP contribution is -2.53. The third-order valence-corrected chi connectivity index (χ3v) is 3.85. The number of hydrogen-bond acceptors (Lipinski definition) is 2. The summed E-state index contributed by atoms with van der Waals surface area (Å²) in [4.78, 5) is 14.1. The number of carbonyl (C=O) groups excluding carboxylic acids is 1. The summed E-state index contributed by atoms with van der Waals surface area (Å²) in [6.45, 7) is 5.51. The Balaban J connectivity index is 1.94. The molecule has 2 rings (SSSR count). The topological polar surface area (TPSA) is 29.5 Å². The van der Waals surface area contributed by atoms with Crippen LogP contribution < -0.4 is 0 Å². The minimum atomic E-state index is -0.333. The van der Waals surface area contributed by atoms with Gasteiger partial charge in [0.2, 0.25) is 0 Å². The van der Waals surface area contributed by atoms with Gasteiger partial charge in [0.05, 0.1) is 0 Å². The second-order valence-corrected chi connectivity index (χ2v) is 5.83. The Labute approximate surface area is 119 Å². The second-order valence-electron chi connectivity index (χ2n) is 5.40. The summed E-state index contributed by atoms with van der Waals surface area (Å²) in [5.41, 5.74) is 1.20. The molecule has 0 saturated carbocycles. The minimum Gasteiger partial charge on any atom is -0.371 e. The van der Waals surface area contributed by atoms with E-state index in [1.54, 1.807) is 7.11 Å². The molecule has 0 aliphatic carbocycles. The highest BCUT2D eigenvalue weighted by Crippen LogP contribution is 2.29. The van der Waals surface area contributed by atoms with Crippen LogP contribution in [0.2, 0.25) is 5.02 Å². The first-order valence-corrected chi connectivity index (χ1v) is 6.97. The lowest BCUT2D eigenvalue weighted by Gasteiger charge is -2.41. The number of methoxy groups -OCH3 is 1. The first-order chi connectivity index (χ1) is 9.02. The highest BCUT2D eigenvalue weighted by atomic mass is 35.5. The van der Waals surface area contributed by atoms with E-state index in [4.69, 9.17) is 16.3 Å². The van der Waals surface area contributed by atoms with Crippen molar-refractivity contribution in [2.45, 2.75) is 25.9 Å². The molecule has 0 aromatic heterocycles. The van der Waals surface area contributed by atoms with Crippen molar-refractivity contribution in [3.8, 4) is 0 Å². The van der Waals surface area contributed by atoms with Gasteiger partial charge in [-0.2, -0.15) is 0 Å². The zero-order valence-electron chi connectivity index (χ0n) is 11.6. The van der Waals surface area contributed by atoms with E-state index in [0.717, 1.165) is 18.1 Å². The van der Waals surface area contributed by atoms with Crippen LogP contribution in [0.3, 0.4) is 0 Å². The Morgan fingerprint density at radius 1 is 1.42 bits per heavy atom. The van der Waals surface area contributed by atoms with Gasteiger partial charge < -0.3 is 9.64 Å². The molecule has 3 nitrogen and oxygen atoms in total. The molecule has 1 saturated heterocycles. The number of hydrogen-bond donors (Lipinski definition) is 0. The average Bonchev–Trinajstić information content (AvgIpc) is 2.27. The van der Waals surface area contributed by atoms with Crippen LogP contribution in [0.15, 0.2) is 24.3 Å². The fourth-order valence-electron chi connectivity index (χ4n) is 2.47. The lowest BCUT2D eigenvalue weighted by atomic mass is 9.90. The van der Waals surface area contributed by atoms with Crippen LogP contribution in [0.1, 0.15) is 25.3 Å². The van der Waals surface area contributed by atoms with Crippen LogP contribution >= 0.6 is 11.6 Å². The van der Waals surface area contributed by atoms with E-state index < -0.39 is 0 Å². The largest absolute Gasteiger partial charge is 0.371 e. The van der Waals surface area contributed by atoms with E-state index in [1.807, 2.05) is 36.9 Å². The van der Waals surface area contributed by atoms with Crippen molar-refractivity contribution >= 4 is 17.5 Å². The van der Waals surface area contributed by atoms with E-state index in [9.17, 15) is 4.79 Å². The Morgan fingerprint density at radius 2 is 2.11 bits per heavy atom. The van der Waals surface area contributed by atoms with E-state index in [-0.39, 0.29) is 17.9 Å². The van der Waals surface area contributed by atoms with E-state index in [1.165, 1.54) is 5.56 Å². The maximum absolute atomic E-state index is 12.2. The number of likely N-dealkylation sites (tertiary alicyclic amines) is 1. The lowest BCUT2D eigenvalue weighted by molar-refractivity contribution is -0.149. The van der Waals surface area contributed by atoms with Gasteiger partial charge in [-0.25, -0.2) is 0 Å². The zero-order chi connectivity index (χ0) is 14.0. The number of ether oxygens (including phenoxy) is 1. The minimum absolute atomic E-state index is 0.0933. The molecule has 1 aromatic carbocycles. The van der Waals surface area contributed by atoms with Crippen molar-refractivity contribution < 1.29 is 9.53 Å². The van der Waals surface area contributed by atoms with Crippen molar-refractivity contribution in [2.75, 3.05) is 20.2 Å². The summed E-state index contributed by atoms with van der Waals surface area (Å²) in [6, 6.07) is 7.86. The van der Waals surface area contributed by atoms with Crippen molar-refractivity contribution in [1.82, 2.24) is 4.90 Å². The van der Waals surface area contributed by atoms with E-state index in [0.29, 0.717) is 5.92 Å². The second kappa shape index (κ2) is 5.93. The zero-order valence-corrected chi connectivity index (χ0v) is 12.4. The highest BCUT2D eigenvalue weighted by Gasteiger charge is 2.36. The average molecular weight is 282 g/mol. The van der Waals surface area contributed by atoms with Crippen LogP contribution in [0.4, 0.5) is 0 Å². The van der Waals surface area contributed by atoms with Gasteiger partial charge in [0.15, 0.2) is 0 Å². The van der Waals surface area contributed by atoms with Gasteiger partial charge >= 0.3 is 0 Å². The molecule has 1 unspecified atom stereocenters. The molecule has 1 amide bonds. The monoisotopic (exact) mass is 281 g/mol. The van der Waals surface area contributed by atoms with Gasteiger partial charge in [-0.3, -0.25) is 4.79 Å². The highest BCUT2D eigenvalue weighted by molar-refractivity contribution is 6.30. The summed E-state index contributed by atoms with van der Waals surface area (Å²) in [5.74, 6) is 0.686. The molecular formula is C15H20ClNO2. The van der Waals surface area contributed by atoms with Crippen molar-refractivity contribution in [1.29, 1.82) is 0 Å². The molecule has 1 heterocycles. The molecule has 0 spiro atoms. The van der Waals surface area contributed by atoms with Gasteiger partial charge in [0, 0.05) is 31.1 Å². The molecule has 1 atom stereocenters. The fraction of sp³-hybridized carbons (Fsp3) is 0.533. The summed E-state index contributed by atoms with van der Waals surface area (Å²) in [5, 5.41) is 0.749. The van der Waals surface area contributed by atoms with Crippen molar-refractivity contribution in [3.05, 3.63) is 34.9 Å². The van der Waals surface area contributed by atoms with Crippen LogP contribution in [-0.2, 0) is 9.53 Å². The van der Waals surface area contributed by atoms with Gasteiger partial charge in [-0.05, 0) is 23.6 Å². The number of amides is 1. The summed E-state index contributed by atoms with van der Waals surface area (Å²) in [7, 11) is 1.59. The Hall–Kier alpha value is -1.06. The molecular weight excluding hydrogens is 262 g/mol. The number of benzene rings is 1. The third-order valence-electron chi connectivity index (χ3n) is 3.62. The molecule has 0 radical (unpaired) electrons. The molecule has 104 valence electrons. The summed E-state index contributed by atoms with van der Waals surface area (Å²) < 4.78 is 5.28.